The first-order chi connectivity index (χ1) is 10.1. The largest absolute Gasteiger partial charge is 0.573 e. The second kappa shape index (κ2) is 5.39. The molecule has 2 aromatic rings. The Bertz CT molecular complexity index is 681. The molecule has 0 saturated heterocycles. The van der Waals surface area contributed by atoms with Gasteiger partial charge in [-0.3, -0.25) is 0 Å². The Morgan fingerprint density at radius 3 is 2.18 bits per heavy atom. The van der Waals surface area contributed by atoms with Crippen LogP contribution in [0.2, 0.25) is 0 Å². The maximum atomic E-state index is 12.5. The van der Waals surface area contributed by atoms with Gasteiger partial charge in [-0.25, -0.2) is 4.98 Å². The number of alkyl halides is 6. The molecular formula is C13H8F6N2O. The highest BCUT2D eigenvalue weighted by atomic mass is 19.4. The fourth-order valence-electron chi connectivity index (χ4n) is 1.74. The van der Waals surface area contributed by atoms with Crippen molar-refractivity contribution >= 4 is 5.82 Å². The third-order valence-electron chi connectivity index (χ3n) is 2.59. The first-order valence-corrected chi connectivity index (χ1v) is 5.76. The molecule has 3 nitrogen and oxygen atoms in total. The third kappa shape index (κ3) is 3.80. The predicted molar refractivity (Wildman–Crippen MR) is 65.8 cm³/mol. The van der Waals surface area contributed by atoms with Crippen LogP contribution >= 0.6 is 0 Å². The van der Waals surface area contributed by atoms with Crippen LogP contribution in [0.1, 0.15) is 5.69 Å². The van der Waals surface area contributed by atoms with Crippen molar-refractivity contribution in [1.29, 1.82) is 0 Å². The van der Waals surface area contributed by atoms with E-state index in [0.29, 0.717) is 6.07 Å². The molecule has 0 spiro atoms. The molecule has 1 aromatic heterocycles. The molecule has 0 unspecified atom stereocenters. The van der Waals surface area contributed by atoms with Crippen LogP contribution in [0.25, 0.3) is 11.1 Å². The van der Waals surface area contributed by atoms with Gasteiger partial charge in [-0.1, -0.05) is 12.1 Å². The molecule has 0 aliphatic heterocycles. The summed E-state index contributed by atoms with van der Waals surface area (Å²) in [5, 5.41) is 0. The van der Waals surface area contributed by atoms with E-state index in [9.17, 15) is 26.3 Å². The number of ether oxygens (including phenoxy) is 1. The fraction of sp³-hybridized carbons (Fsp3) is 0.154. The number of nitrogens with two attached hydrogens (primary N) is 1. The molecule has 118 valence electrons. The van der Waals surface area contributed by atoms with Gasteiger partial charge in [0, 0.05) is 5.56 Å². The lowest BCUT2D eigenvalue weighted by Gasteiger charge is -2.12. The minimum Gasteiger partial charge on any atom is -0.406 e. The average Bonchev–Trinajstić information content (AvgIpc) is 2.35. The summed E-state index contributed by atoms with van der Waals surface area (Å²) in [5.74, 6) is -0.955. The molecule has 2 rings (SSSR count). The number of pyridine rings is 1. The number of rotatable bonds is 2. The summed E-state index contributed by atoms with van der Waals surface area (Å²) < 4.78 is 77.7. The summed E-state index contributed by atoms with van der Waals surface area (Å²) in [6, 6.07) is 6.44. The number of hydrogen-bond donors (Lipinski definition) is 1. The number of nitrogens with zero attached hydrogens (tertiary/aromatic N) is 1. The quantitative estimate of drug-likeness (QED) is 0.841. The number of anilines is 1. The van der Waals surface area contributed by atoms with E-state index in [2.05, 4.69) is 9.72 Å². The zero-order valence-electron chi connectivity index (χ0n) is 10.7. The Kier molecular flexibility index (Phi) is 3.90. The van der Waals surface area contributed by atoms with Crippen LogP contribution in [0.4, 0.5) is 32.2 Å². The molecule has 1 aromatic carbocycles. The third-order valence-corrected chi connectivity index (χ3v) is 2.59. The van der Waals surface area contributed by atoms with Crippen LogP contribution < -0.4 is 10.5 Å². The van der Waals surface area contributed by atoms with E-state index in [1.165, 1.54) is 12.1 Å². The summed E-state index contributed by atoms with van der Waals surface area (Å²) in [6.45, 7) is 0. The van der Waals surface area contributed by atoms with Gasteiger partial charge < -0.3 is 10.5 Å². The van der Waals surface area contributed by atoms with E-state index in [1.807, 2.05) is 0 Å². The lowest BCUT2D eigenvalue weighted by molar-refractivity contribution is -0.274. The predicted octanol–water partition coefficient (Wildman–Crippen LogP) is 4.25. The van der Waals surface area contributed by atoms with Crippen molar-refractivity contribution < 1.29 is 31.1 Å². The van der Waals surface area contributed by atoms with Crippen molar-refractivity contribution in [2.45, 2.75) is 12.5 Å². The van der Waals surface area contributed by atoms with Gasteiger partial charge in [0.25, 0.3) is 0 Å². The Morgan fingerprint density at radius 2 is 1.64 bits per heavy atom. The summed E-state index contributed by atoms with van der Waals surface area (Å²) in [4.78, 5) is 3.21. The van der Waals surface area contributed by atoms with Crippen molar-refractivity contribution in [3.63, 3.8) is 0 Å². The lowest BCUT2D eigenvalue weighted by atomic mass is 10.1. The molecule has 0 radical (unpaired) electrons. The van der Waals surface area contributed by atoms with Crippen LogP contribution in [-0.2, 0) is 6.18 Å². The minimum atomic E-state index is -4.87. The lowest BCUT2D eigenvalue weighted by Crippen LogP contribution is -2.17. The molecule has 0 bridgehead atoms. The topological polar surface area (TPSA) is 48.1 Å². The summed E-state index contributed by atoms with van der Waals surface area (Å²) >= 11 is 0. The van der Waals surface area contributed by atoms with Gasteiger partial charge in [0.05, 0.1) is 0 Å². The molecule has 0 aliphatic rings. The molecule has 22 heavy (non-hydrogen) atoms. The van der Waals surface area contributed by atoms with Gasteiger partial charge in [-0.15, -0.1) is 13.2 Å². The SMILES string of the molecule is Nc1nc(C(F)(F)F)ccc1-c1cccc(OC(F)(F)F)c1. The maximum Gasteiger partial charge on any atom is 0.573 e. The van der Waals surface area contributed by atoms with Gasteiger partial charge in [-0.05, 0) is 29.8 Å². The number of benzene rings is 1. The summed E-state index contributed by atoms with van der Waals surface area (Å²) in [7, 11) is 0. The van der Waals surface area contributed by atoms with E-state index in [-0.39, 0.29) is 11.1 Å². The molecule has 0 fully saturated rings. The van der Waals surface area contributed by atoms with E-state index in [1.54, 1.807) is 0 Å². The first kappa shape index (κ1) is 15.9. The number of aromatic nitrogens is 1. The molecule has 0 atom stereocenters. The molecule has 0 saturated carbocycles. The molecule has 0 aliphatic carbocycles. The Hall–Kier alpha value is -2.45. The van der Waals surface area contributed by atoms with Crippen LogP contribution in [0.3, 0.4) is 0 Å². The van der Waals surface area contributed by atoms with Crippen LogP contribution in [0, 0.1) is 0 Å². The Balaban J connectivity index is 2.38. The normalized spacial score (nSPS) is 12.3. The van der Waals surface area contributed by atoms with E-state index in [0.717, 1.165) is 18.2 Å². The number of halogens is 6. The maximum absolute atomic E-state index is 12.5. The van der Waals surface area contributed by atoms with Gasteiger partial charge in [-0.2, -0.15) is 13.2 Å². The molecule has 2 N–H and O–H groups in total. The van der Waals surface area contributed by atoms with Gasteiger partial charge in [0.1, 0.15) is 17.3 Å². The standard InChI is InChI=1S/C13H8F6N2O/c14-12(15,16)10-5-4-9(11(20)21-10)7-2-1-3-8(6-7)22-13(17,18)19/h1-6H,(H2,20,21). The van der Waals surface area contributed by atoms with Crippen molar-refractivity contribution in [2.75, 3.05) is 5.73 Å². The number of hydrogen-bond acceptors (Lipinski definition) is 3. The Labute approximate surface area is 120 Å². The van der Waals surface area contributed by atoms with Crippen LogP contribution in [-0.4, -0.2) is 11.3 Å². The van der Waals surface area contributed by atoms with Gasteiger partial charge >= 0.3 is 12.5 Å². The number of nitrogen functional groups attached to an aromatic ring is 1. The monoisotopic (exact) mass is 322 g/mol. The van der Waals surface area contributed by atoms with E-state index >= 15 is 0 Å². The molecule has 9 heteroatoms. The highest BCUT2D eigenvalue weighted by molar-refractivity contribution is 5.74. The molecule has 1 heterocycles. The first-order valence-electron chi connectivity index (χ1n) is 5.76. The van der Waals surface area contributed by atoms with Crippen molar-refractivity contribution in [3.05, 3.63) is 42.1 Å². The highest BCUT2D eigenvalue weighted by Gasteiger charge is 2.33. The summed E-state index contributed by atoms with van der Waals surface area (Å²) in [6.07, 6.45) is -9.53. The van der Waals surface area contributed by atoms with Crippen molar-refractivity contribution in [3.8, 4) is 16.9 Å². The summed E-state index contributed by atoms with van der Waals surface area (Å²) in [5.41, 5.74) is 4.49. The Morgan fingerprint density at radius 1 is 0.955 bits per heavy atom. The van der Waals surface area contributed by atoms with Crippen LogP contribution in [0.5, 0.6) is 5.75 Å². The van der Waals surface area contributed by atoms with E-state index < -0.39 is 29.8 Å². The smallest absolute Gasteiger partial charge is 0.406 e. The average molecular weight is 322 g/mol. The van der Waals surface area contributed by atoms with Gasteiger partial charge in [0.15, 0.2) is 0 Å². The second-order valence-corrected chi connectivity index (χ2v) is 4.20. The zero-order chi connectivity index (χ0) is 16.5. The van der Waals surface area contributed by atoms with Gasteiger partial charge in [0.2, 0.25) is 0 Å². The molecular weight excluding hydrogens is 314 g/mol. The highest BCUT2D eigenvalue weighted by Crippen LogP contribution is 2.33. The van der Waals surface area contributed by atoms with E-state index in [4.69, 9.17) is 5.73 Å². The molecule has 0 amide bonds. The second-order valence-electron chi connectivity index (χ2n) is 4.20. The van der Waals surface area contributed by atoms with Crippen molar-refractivity contribution in [2.24, 2.45) is 0 Å². The fourth-order valence-corrected chi connectivity index (χ4v) is 1.74. The van der Waals surface area contributed by atoms with Crippen molar-refractivity contribution in [1.82, 2.24) is 4.98 Å². The minimum absolute atomic E-state index is 0.0700. The zero-order valence-corrected chi connectivity index (χ0v) is 10.7. The van der Waals surface area contributed by atoms with Crippen LogP contribution in [0.15, 0.2) is 36.4 Å².